The Morgan fingerprint density at radius 1 is 1.28 bits per heavy atom. The highest BCUT2D eigenvalue weighted by atomic mass is 16.5. The fraction of sp³-hybridized carbons (Fsp3) is 0.500. The van der Waals surface area contributed by atoms with E-state index in [1.165, 1.54) is 6.42 Å². The molecule has 1 unspecified atom stereocenters. The summed E-state index contributed by atoms with van der Waals surface area (Å²) in [5.74, 6) is -0.0167. The van der Waals surface area contributed by atoms with Crippen molar-refractivity contribution in [2.45, 2.75) is 25.4 Å². The smallest absolute Gasteiger partial charge is 0.238 e. The van der Waals surface area contributed by atoms with E-state index >= 15 is 0 Å². The van der Waals surface area contributed by atoms with Gasteiger partial charge < -0.3 is 15.4 Å². The third-order valence-corrected chi connectivity index (χ3v) is 2.99. The van der Waals surface area contributed by atoms with Crippen LogP contribution in [-0.2, 0) is 9.53 Å². The Morgan fingerprint density at radius 2 is 2.11 bits per heavy atom. The number of carbonyl (C=O) groups is 1. The largest absolute Gasteiger partial charge is 0.377 e. The van der Waals surface area contributed by atoms with Gasteiger partial charge in [-0.1, -0.05) is 18.2 Å². The van der Waals surface area contributed by atoms with Gasteiger partial charge in [0.1, 0.15) is 0 Å². The van der Waals surface area contributed by atoms with Crippen molar-refractivity contribution in [2.24, 2.45) is 0 Å². The summed E-state index contributed by atoms with van der Waals surface area (Å²) in [6, 6.07) is 9.48. The molecule has 18 heavy (non-hydrogen) atoms. The minimum absolute atomic E-state index is 0.0167. The zero-order valence-corrected chi connectivity index (χ0v) is 10.5. The highest BCUT2D eigenvalue weighted by molar-refractivity contribution is 5.92. The van der Waals surface area contributed by atoms with Crippen molar-refractivity contribution in [3.63, 3.8) is 0 Å². The lowest BCUT2D eigenvalue weighted by atomic mass is 10.1. The van der Waals surface area contributed by atoms with Crippen LogP contribution in [0.3, 0.4) is 0 Å². The zero-order valence-electron chi connectivity index (χ0n) is 10.5. The molecular weight excluding hydrogens is 228 g/mol. The van der Waals surface area contributed by atoms with Crippen LogP contribution in [-0.4, -0.2) is 31.7 Å². The van der Waals surface area contributed by atoms with E-state index in [0.717, 1.165) is 31.7 Å². The Hall–Kier alpha value is -1.39. The first kappa shape index (κ1) is 13.1. The van der Waals surface area contributed by atoms with E-state index in [9.17, 15) is 4.79 Å². The van der Waals surface area contributed by atoms with Gasteiger partial charge in [-0.3, -0.25) is 4.79 Å². The van der Waals surface area contributed by atoms with Crippen LogP contribution in [0.4, 0.5) is 5.69 Å². The van der Waals surface area contributed by atoms with Gasteiger partial charge in [-0.25, -0.2) is 0 Å². The fourth-order valence-electron chi connectivity index (χ4n) is 2.04. The van der Waals surface area contributed by atoms with Crippen LogP contribution in [0.25, 0.3) is 0 Å². The predicted molar refractivity (Wildman–Crippen MR) is 71.5 cm³/mol. The van der Waals surface area contributed by atoms with Gasteiger partial charge in [0, 0.05) is 18.8 Å². The summed E-state index contributed by atoms with van der Waals surface area (Å²) in [7, 11) is 0. The molecule has 1 aliphatic rings. The second-order valence-electron chi connectivity index (χ2n) is 4.53. The average Bonchev–Trinajstić information content (AvgIpc) is 2.41. The topological polar surface area (TPSA) is 50.4 Å². The molecule has 0 spiro atoms. The zero-order chi connectivity index (χ0) is 12.6. The Kier molecular flexibility index (Phi) is 5.17. The molecule has 0 aromatic heterocycles. The molecule has 1 atom stereocenters. The quantitative estimate of drug-likeness (QED) is 0.835. The van der Waals surface area contributed by atoms with E-state index in [1.807, 2.05) is 30.3 Å². The molecule has 98 valence electrons. The highest BCUT2D eigenvalue weighted by Gasteiger charge is 2.13. The van der Waals surface area contributed by atoms with E-state index in [2.05, 4.69) is 10.6 Å². The molecule has 0 saturated carbocycles. The van der Waals surface area contributed by atoms with Crippen LogP contribution < -0.4 is 10.6 Å². The van der Waals surface area contributed by atoms with Crippen LogP contribution >= 0.6 is 0 Å². The van der Waals surface area contributed by atoms with Crippen LogP contribution in [0.5, 0.6) is 0 Å². The lowest BCUT2D eigenvalue weighted by Gasteiger charge is -2.22. The standard InChI is InChI=1S/C14H20N2O2/c17-14(16-12-6-2-1-3-7-12)11-15-10-13-8-4-5-9-18-13/h1-3,6-7,13,15H,4-5,8-11H2,(H,16,17). The summed E-state index contributed by atoms with van der Waals surface area (Å²) in [4.78, 5) is 11.6. The number of benzene rings is 1. The van der Waals surface area contributed by atoms with Gasteiger partial charge in [0.25, 0.3) is 0 Å². The molecule has 1 aromatic rings. The number of carbonyl (C=O) groups excluding carboxylic acids is 1. The molecule has 0 radical (unpaired) electrons. The molecule has 1 heterocycles. The number of amides is 1. The first-order valence-electron chi connectivity index (χ1n) is 6.52. The Bertz CT molecular complexity index is 361. The van der Waals surface area contributed by atoms with Gasteiger partial charge in [-0.05, 0) is 31.4 Å². The summed E-state index contributed by atoms with van der Waals surface area (Å²) in [5, 5.41) is 5.98. The molecule has 2 N–H and O–H groups in total. The Morgan fingerprint density at radius 3 is 2.83 bits per heavy atom. The summed E-state index contributed by atoms with van der Waals surface area (Å²) >= 11 is 0. The lowest BCUT2D eigenvalue weighted by Crippen LogP contribution is -2.36. The molecule has 1 aromatic carbocycles. The van der Waals surface area contributed by atoms with Crippen molar-refractivity contribution in [1.29, 1.82) is 0 Å². The number of anilines is 1. The lowest BCUT2D eigenvalue weighted by molar-refractivity contribution is -0.115. The molecule has 1 saturated heterocycles. The first-order chi connectivity index (χ1) is 8.84. The van der Waals surface area contributed by atoms with E-state index in [-0.39, 0.29) is 12.0 Å². The fourth-order valence-corrected chi connectivity index (χ4v) is 2.04. The second kappa shape index (κ2) is 7.13. The van der Waals surface area contributed by atoms with Crippen molar-refractivity contribution in [3.8, 4) is 0 Å². The van der Waals surface area contributed by atoms with E-state index in [0.29, 0.717) is 6.54 Å². The van der Waals surface area contributed by atoms with Gasteiger partial charge in [-0.15, -0.1) is 0 Å². The Balaban J connectivity index is 1.62. The van der Waals surface area contributed by atoms with Crippen molar-refractivity contribution in [1.82, 2.24) is 5.32 Å². The number of nitrogens with one attached hydrogen (secondary N) is 2. The molecular formula is C14H20N2O2. The normalized spacial score (nSPS) is 19.4. The summed E-state index contributed by atoms with van der Waals surface area (Å²) < 4.78 is 5.58. The van der Waals surface area contributed by atoms with Crippen molar-refractivity contribution < 1.29 is 9.53 Å². The van der Waals surface area contributed by atoms with Gasteiger partial charge >= 0.3 is 0 Å². The molecule has 4 nitrogen and oxygen atoms in total. The maximum atomic E-state index is 11.6. The maximum Gasteiger partial charge on any atom is 0.238 e. The number of rotatable bonds is 5. The van der Waals surface area contributed by atoms with Crippen LogP contribution in [0, 0.1) is 0 Å². The molecule has 4 heteroatoms. The summed E-state index contributed by atoms with van der Waals surface area (Å²) in [6.07, 6.45) is 3.74. The van der Waals surface area contributed by atoms with Gasteiger partial charge in [-0.2, -0.15) is 0 Å². The Labute approximate surface area is 108 Å². The van der Waals surface area contributed by atoms with Gasteiger partial charge in [0.2, 0.25) is 5.91 Å². The van der Waals surface area contributed by atoms with E-state index in [4.69, 9.17) is 4.74 Å². The summed E-state index contributed by atoms with van der Waals surface area (Å²) in [5.41, 5.74) is 0.832. The van der Waals surface area contributed by atoms with Gasteiger partial charge in [0.05, 0.1) is 12.6 Å². The molecule has 1 fully saturated rings. The van der Waals surface area contributed by atoms with Crippen LogP contribution in [0.1, 0.15) is 19.3 Å². The monoisotopic (exact) mass is 248 g/mol. The minimum atomic E-state index is -0.0167. The minimum Gasteiger partial charge on any atom is -0.377 e. The molecule has 0 bridgehead atoms. The predicted octanol–water partition coefficient (Wildman–Crippen LogP) is 1.78. The number of para-hydroxylation sites is 1. The molecule has 1 aliphatic heterocycles. The third kappa shape index (κ3) is 4.47. The van der Waals surface area contributed by atoms with E-state index in [1.54, 1.807) is 0 Å². The number of hydrogen-bond donors (Lipinski definition) is 2. The number of hydrogen-bond acceptors (Lipinski definition) is 3. The van der Waals surface area contributed by atoms with Gasteiger partial charge in [0.15, 0.2) is 0 Å². The van der Waals surface area contributed by atoms with Crippen molar-refractivity contribution in [2.75, 3.05) is 25.0 Å². The number of ether oxygens (including phenoxy) is 1. The van der Waals surface area contributed by atoms with Crippen molar-refractivity contribution in [3.05, 3.63) is 30.3 Å². The highest BCUT2D eigenvalue weighted by Crippen LogP contribution is 2.11. The van der Waals surface area contributed by atoms with Crippen molar-refractivity contribution >= 4 is 11.6 Å². The van der Waals surface area contributed by atoms with Crippen LogP contribution in [0.2, 0.25) is 0 Å². The molecule has 1 amide bonds. The second-order valence-corrected chi connectivity index (χ2v) is 4.53. The SMILES string of the molecule is O=C(CNCC1CCCCO1)Nc1ccccc1. The molecule has 0 aliphatic carbocycles. The maximum absolute atomic E-state index is 11.6. The van der Waals surface area contributed by atoms with Crippen LogP contribution in [0.15, 0.2) is 30.3 Å². The average molecular weight is 248 g/mol. The van der Waals surface area contributed by atoms with E-state index < -0.39 is 0 Å². The summed E-state index contributed by atoms with van der Waals surface area (Å²) in [6.45, 7) is 1.93. The third-order valence-electron chi connectivity index (χ3n) is 2.99. The molecule has 2 rings (SSSR count). The first-order valence-corrected chi connectivity index (χ1v) is 6.52.